The van der Waals surface area contributed by atoms with Crippen molar-refractivity contribution in [3.05, 3.63) is 41.9 Å². The summed E-state index contributed by atoms with van der Waals surface area (Å²) in [4.78, 5) is 3.86. The molecule has 5 nitrogen and oxygen atoms in total. The summed E-state index contributed by atoms with van der Waals surface area (Å²) in [5.74, 6) is 0.376. The fourth-order valence-electron chi connectivity index (χ4n) is 1.59. The second-order valence-corrected chi connectivity index (χ2v) is 6.44. The number of hydrogen-bond acceptors (Lipinski definition) is 4. The molecule has 0 saturated heterocycles. The quantitative estimate of drug-likeness (QED) is 0.769. The van der Waals surface area contributed by atoms with Gasteiger partial charge in [0, 0.05) is 18.5 Å². The first-order chi connectivity index (χ1) is 9.55. The van der Waals surface area contributed by atoms with Gasteiger partial charge in [0.1, 0.15) is 12.1 Å². The minimum atomic E-state index is -3.65. The number of unbranched alkanes of at least 4 members (excludes halogenated alkanes) is 1. The summed E-state index contributed by atoms with van der Waals surface area (Å²) in [5, 5.41) is 0.394. The van der Waals surface area contributed by atoms with Gasteiger partial charge in [0.2, 0.25) is 0 Å². The number of benzene rings is 1. The highest BCUT2D eigenvalue weighted by Gasteiger charge is 2.18. The molecule has 0 aliphatic carbocycles. The smallest absolute Gasteiger partial charge is 0.269 e. The van der Waals surface area contributed by atoms with Gasteiger partial charge in [-0.05, 0) is 18.6 Å². The molecule has 1 heterocycles. The van der Waals surface area contributed by atoms with Crippen LogP contribution in [0.25, 0.3) is 0 Å². The maximum absolute atomic E-state index is 12.3. The van der Waals surface area contributed by atoms with Gasteiger partial charge in [-0.2, -0.15) is 0 Å². The Morgan fingerprint density at radius 3 is 2.85 bits per heavy atom. The number of ether oxygens (including phenoxy) is 1. The van der Waals surface area contributed by atoms with E-state index in [1.807, 2.05) is 6.92 Å². The third kappa shape index (κ3) is 3.13. The average Bonchev–Trinajstić information content (AvgIpc) is 2.95. The molecule has 0 saturated carbocycles. The predicted octanol–water partition coefficient (Wildman–Crippen LogP) is 2.95. The zero-order chi connectivity index (χ0) is 14.6. The highest BCUT2D eigenvalue weighted by atomic mass is 35.5. The fourth-order valence-corrected chi connectivity index (χ4v) is 2.90. The van der Waals surface area contributed by atoms with Crippen LogP contribution in [-0.4, -0.2) is 24.0 Å². The summed E-state index contributed by atoms with van der Waals surface area (Å²) < 4.78 is 31.2. The first kappa shape index (κ1) is 14.9. The number of imidazole rings is 1. The SMILES string of the molecule is CCCCOc1cc(S(=O)(=O)n2ccnc2)ccc1Cl. The number of halogens is 1. The largest absolute Gasteiger partial charge is 0.492 e. The van der Waals surface area contributed by atoms with E-state index in [2.05, 4.69) is 4.98 Å². The van der Waals surface area contributed by atoms with E-state index in [0.717, 1.165) is 16.8 Å². The van der Waals surface area contributed by atoms with Crippen LogP contribution in [0.5, 0.6) is 5.75 Å². The first-order valence-electron chi connectivity index (χ1n) is 6.21. The Morgan fingerprint density at radius 2 is 2.20 bits per heavy atom. The van der Waals surface area contributed by atoms with Crippen LogP contribution in [0.4, 0.5) is 0 Å². The van der Waals surface area contributed by atoms with Crippen molar-refractivity contribution in [3.8, 4) is 5.75 Å². The number of nitrogens with zero attached hydrogens (tertiary/aromatic N) is 2. The van der Waals surface area contributed by atoms with Crippen molar-refractivity contribution >= 4 is 21.6 Å². The van der Waals surface area contributed by atoms with Crippen LogP contribution in [0.2, 0.25) is 5.02 Å². The highest BCUT2D eigenvalue weighted by Crippen LogP contribution is 2.28. The van der Waals surface area contributed by atoms with Crippen molar-refractivity contribution in [1.29, 1.82) is 0 Å². The van der Waals surface area contributed by atoms with E-state index in [1.165, 1.54) is 36.9 Å². The summed E-state index contributed by atoms with van der Waals surface area (Å²) in [7, 11) is -3.65. The molecule has 2 aromatic rings. The fraction of sp³-hybridized carbons (Fsp3) is 0.308. The zero-order valence-electron chi connectivity index (χ0n) is 11.0. The predicted molar refractivity (Wildman–Crippen MR) is 76.7 cm³/mol. The van der Waals surface area contributed by atoms with Gasteiger partial charge in [0.25, 0.3) is 10.0 Å². The lowest BCUT2D eigenvalue weighted by Crippen LogP contribution is -2.11. The molecule has 0 aliphatic rings. The summed E-state index contributed by atoms with van der Waals surface area (Å²) in [6, 6.07) is 4.41. The molecule has 20 heavy (non-hydrogen) atoms. The van der Waals surface area contributed by atoms with Gasteiger partial charge < -0.3 is 4.74 Å². The van der Waals surface area contributed by atoms with Crippen molar-refractivity contribution in [2.75, 3.05) is 6.61 Å². The molecule has 0 aliphatic heterocycles. The molecular formula is C13H15ClN2O3S. The van der Waals surface area contributed by atoms with Crippen LogP contribution in [0, 0.1) is 0 Å². The van der Waals surface area contributed by atoms with Crippen LogP contribution in [0.1, 0.15) is 19.8 Å². The lowest BCUT2D eigenvalue weighted by molar-refractivity contribution is 0.309. The van der Waals surface area contributed by atoms with Gasteiger partial charge in [-0.1, -0.05) is 24.9 Å². The van der Waals surface area contributed by atoms with E-state index < -0.39 is 10.0 Å². The van der Waals surface area contributed by atoms with E-state index >= 15 is 0 Å². The highest BCUT2D eigenvalue weighted by molar-refractivity contribution is 7.90. The Hall–Kier alpha value is -1.53. The lowest BCUT2D eigenvalue weighted by Gasteiger charge is -2.10. The third-order valence-electron chi connectivity index (χ3n) is 2.71. The summed E-state index contributed by atoms with van der Waals surface area (Å²) in [6.07, 6.45) is 5.90. The monoisotopic (exact) mass is 314 g/mol. The van der Waals surface area contributed by atoms with Crippen molar-refractivity contribution in [3.63, 3.8) is 0 Å². The molecular weight excluding hydrogens is 300 g/mol. The van der Waals surface area contributed by atoms with Gasteiger partial charge in [-0.3, -0.25) is 0 Å². The second kappa shape index (κ2) is 6.28. The molecule has 0 radical (unpaired) electrons. The maximum Gasteiger partial charge on any atom is 0.269 e. The van der Waals surface area contributed by atoms with Gasteiger partial charge in [-0.15, -0.1) is 0 Å². The van der Waals surface area contributed by atoms with Crippen molar-refractivity contribution in [2.45, 2.75) is 24.7 Å². The normalized spacial score (nSPS) is 11.5. The summed E-state index contributed by atoms with van der Waals surface area (Å²) >= 11 is 6.01. The molecule has 0 atom stereocenters. The first-order valence-corrected chi connectivity index (χ1v) is 8.03. The standard InChI is InChI=1S/C13H15ClN2O3S/c1-2-3-8-19-13-9-11(4-5-12(13)14)20(17,18)16-7-6-15-10-16/h4-7,9-10H,2-3,8H2,1H3. The van der Waals surface area contributed by atoms with Crippen molar-refractivity contribution in [1.82, 2.24) is 8.96 Å². The van der Waals surface area contributed by atoms with Crippen molar-refractivity contribution in [2.24, 2.45) is 0 Å². The lowest BCUT2D eigenvalue weighted by atomic mass is 10.3. The molecule has 0 fully saturated rings. The third-order valence-corrected chi connectivity index (χ3v) is 4.65. The molecule has 0 N–H and O–H groups in total. The van der Waals surface area contributed by atoms with Gasteiger partial charge >= 0.3 is 0 Å². The van der Waals surface area contributed by atoms with Gasteiger partial charge in [-0.25, -0.2) is 17.4 Å². The minimum Gasteiger partial charge on any atom is -0.492 e. The number of aromatic nitrogens is 2. The molecule has 0 spiro atoms. The Bertz CT molecular complexity index is 669. The average molecular weight is 315 g/mol. The molecule has 108 valence electrons. The maximum atomic E-state index is 12.3. The van der Waals surface area contributed by atoms with E-state index in [-0.39, 0.29) is 4.90 Å². The Morgan fingerprint density at radius 1 is 1.40 bits per heavy atom. The second-order valence-electron chi connectivity index (χ2n) is 4.19. The van der Waals surface area contributed by atoms with E-state index in [4.69, 9.17) is 16.3 Å². The Balaban J connectivity index is 2.32. The van der Waals surface area contributed by atoms with Crippen molar-refractivity contribution < 1.29 is 13.2 Å². The molecule has 7 heteroatoms. The van der Waals surface area contributed by atoms with Gasteiger partial charge in [0.15, 0.2) is 0 Å². The molecule has 0 amide bonds. The molecule has 0 bridgehead atoms. The van der Waals surface area contributed by atoms with Crippen LogP contribution in [0.3, 0.4) is 0 Å². The molecule has 1 aromatic carbocycles. The summed E-state index contributed by atoms with van der Waals surface area (Å²) in [6.45, 7) is 2.55. The van der Waals surface area contributed by atoms with Crippen LogP contribution < -0.4 is 4.74 Å². The van der Waals surface area contributed by atoms with E-state index in [0.29, 0.717) is 17.4 Å². The summed E-state index contributed by atoms with van der Waals surface area (Å²) in [5.41, 5.74) is 0. The van der Waals surface area contributed by atoms with E-state index in [1.54, 1.807) is 0 Å². The van der Waals surface area contributed by atoms with Gasteiger partial charge in [0.05, 0.1) is 16.5 Å². The molecule has 2 rings (SSSR count). The topological polar surface area (TPSA) is 61.2 Å². The van der Waals surface area contributed by atoms with Crippen LogP contribution in [0.15, 0.2) is 41.8 Å². The van der Waals surface area contributed by atoms with Crippen LogP contribution >= 0.6 is 11.6 Å². The Kier molecular flexibility index (Phi) is 4.67. The van der Waals surface area contributed by atoms with Crippen LogP contribution in [-0.2, 0) is 10.0 Å². The zero-order valence-corrected chi connectivity index (χ0v) is 12.6. The number of hydrogen-bond donors (Lipinski definition) is 0. The molecule has 1 aromatic heterocycles. The Labute approximate surface area is 123 Å². The molecule has 0 unspecified atom stereocenters. The minimum absolute atomic E-state index is 0.117. The van der Waals surface area contributed by atoms with E-state index in [9.17, 15) is 8.42 Å². The number of rotatable bonds is 6.